The number of anilines is 1. The number of carbonyl (C=O) groups excluding carboxylic acids is 1. The highest BCUT2D eigenvalue weighted by Gasteiger charge is 1.99. The highest BCUT2D eigenvalue weighted by Crippen LogP contribution is 2.22. The van der Waals surface area contributed by atoms with Crippen LogP contribution in [0.15, 0.2) is 4.34 Å². The molecule has 0 aliphatic rings. The van der Waals surface area contributed by atoms with Crippen molar-refractivity contribution in [2.75, 3.05) is 11.5 Å². The zero-order valence-electron chi connectivity index (χ0n) is 4.90. The van der Waals surface area contributed by atoms with E-state index < -0.39 is 0 Å². The Kier molecular flexibility index (Phi) is 2.64. The highest BCUT2D eigenvalue weighted by molar-refractivity contribution is 8.01. The summed E-state index contributed by atoms with van der Waals surface area (Å²) in [5, 5.41) is 7.67. The van der Waals surface area contributed by atoms with E-state index in [1.807, 2.05) is 0 Å². The van der Waals surface area contributed by atoms with E-state index in [0.29, 0.717) is 9.47 Å². The summed E-state index contributed by atoms with van der Waals surface area (Å²) >= 11 is 2.55. The lowest BCUT2D eigenvalue weighted by molar-refractivity contribution is 0.560. The van der Waals surface area contributed by atoms with E-state index >= 15 is 0 Å². The standard InChI is InChI=1S/C4H4N3OS2/c5-3-6-7-4(10-3)9-2-1-8/h2H2,(H2,5,6). The first-order valence-electron chi connectivity index (χ1n) is 2.39. The Morgan fingerprint density at radius 1 is 1.70 bits per heavy atom. The van der Waals surface area contributed by atoms with E-state index in [-0.39, 0.29) is 5.75 Å². The van der Waals surface area contributed by atoms with Crippen molar-refractivity contribution in [1.82, 2.24) is 10.2 Å². The molecule has 10 heavy (non-hydrogen) atoms. The Labute approximate surface area is 65.8 Å². The van der Waals surface area contributed by atoms with Gasteiger partial charge in [0.2, 0.25) is 11.4 Å². The van der Waals surface area contributed by atoms with E-state index in [0.717, 1.165) is 0 Å². The van der Waals surface area contributed by atoms with Gasteiger partial charge in [-0.2, -0.15) is 0 Å². The van der Waals surface area contributed by atoms with Crippen LogP contribution in [0.3, 0.4) is 0 Å². The summed E-state index contributed by atoms with van der Waals surface area (Å²) in [4.78, 5) is 9.76. The summed E-state index contributed by atoms with van der Waals surface area (Å²) in [5.74, 6) is 0.286. The van der Waals surface area contributed by atoms with Crippen LogP contribution in [-0.2, 0) is 4.79 Å². The molecule has 0 amide bonds. The summed E-state index contributed by atoms with van der Waals surface area (Å²) in [6.07, 6.45) is 1.74. The van der Waals surface area contributed by atoms with Gasteiger partial charge in [-0.05, 0) is 0 Å². The predicted molar refractivity (Wildman–Crippen MR) is 40.7 cm³/mol. The van der Waals surface area contributed by atoms with Gasteiger partial charge in [-0.25, -0.2) is 0 Å². The predicted octanol–water partition coefficient (Wildman–Crippen LogP) is 0.322. The van der Waals surface area contributed by atoms with Gasteiger partial charge in [0.25, 0.3) is 0 Å². The lowest BCUT2D eigenvalue weighted by Gasteiger charge is -1.81. The fourth-order valence-corrected chi connectivity index (χ4v) is 1.66. The minimum atomic E-state index is 0.286. The Balaban J connectivity index is 2.49. The van der Waals surface area contributed by atoms with Gasteiger partial charge in [0.15, 0.2) is 4.34 Å². The van der Waals surface area contributed by atoms with Gasteiger partial charge in [-0.3, -0.25) is 4.79 Å². The maximum Gasteiger partial charge on any atom is 0.209 e. The van der Waals surface area contributed by atoms with Gasteiger partial charge >= 0.3 is 0 Å². The fraction of sp³-hybridized carbons (Fsp3) is 0.250. The molecule has 0 fully saturated rings. The molecule has 0 aliphatic carbocycles. The zero-order valence-corrected chi connectivity index (χ0v) is 6.54. The highest BCUT2D eigenvalue weighted by atomic mass is 32.2. The van der Waals surface area contributed by atoms with Crippen LogP contribution in [-0.4, -0.2) is 22.2 Å². The van der Waals surface area contributed by atoms with Crippen LogP contribution in [0.1, 0.15) is 0 Å². The first-order chi connectivity index (χ1) is 4.83. The molecule has 0 bridgehead atoms. The molecule has 1 aromatic heterocycles. The third-order valence-corrected chi connectivity index (χ3v) is 2.42. The van der Waals surface area contributed by atoms with Crippen LogP contribution in [0.2, 0.25) is 0 Å². The van der Waals surface area contributed by atoms with E-state index in [2.05, 4.69) is 10.2 Å². The van der Waals surface area contributed by atoms with Crippen LogP contribution >= 0.6 is 23.1 Å². The molecule has 1 radical (unpaired) electrons. The van der Waals surface area contributed by atoms with Crippen molar-refractivity contribution < 1.29 is 4.79 Å². The largest absolute Gasteiger partial charge is 0.374 e. The third kappa shape index (κ3) is 1.96. The van der Waals surface area contributed by atoms with Crippen LogP contribution in [0, 0.1) is 0 Å². The zero-order chi connectivity index (χ0) is 7.40. The van der Waals surface area contributed by atoms with Crippen LogP contribution in [0.4, 0.5) is 5.13 Å². The minimum absolute atomic E-state index is 0.286. The smallest absolute Gasteiger partial charge is 0.209 e. The van der Waals surface area contributed by atoms with E-state index in [1.165, 1.54) is 23.1 Å². The molecule has 0 spiro atoms. The maximum atomic E-state index is 9.76. The maximum absolute atomic E-state index is 9.76. The van der Waals surface area contributed by atoms with Gasteiger partial charge in [0.1, 0.15) is 0 Å². The average molecular weight is 174 g/mol. The first kappa shape index (κ1) is 7.49. The lowest BCUT2D eigenvalue weighted by Crippen LogP contribution is -1.80. The van der Waals surface area contributed by atoms with Crippen molar-refractivity contribution >= 4 is 34.5 Å². The molecule has 0 saturated heterocycles. The van der Waals surface area contributed by atoms with Crippen molar-refractivity contribution in [1.29, 1.82) is 0 Å². The van der Waals surface area contributed by atoms with Crippen molar-refractivity contribution in [3.63, 3.8) is 0 Å². The van der Waals surface area contributed by atoms with Crippen molar-refractivity contribution in [2.45, 2.75) is 4.34 Å². The number of nitrogens with zero attached hydrogens (tertiary/aromatic N) is 2. The molecule has 2 N–H and O–H groups in total. The first-order valence-corrected chi connectivity index (χ1v) is 4.20. The second kappa shape index (κ2) is 3.52. The molecule has 0 aliphatic heterocycles. The summed E-state index contributed by atoms with van der Waals surface area (Å²) in [6.45, 7) is 0. The van der Waals surface area contributed by atoms with E-state index in [9.17, 15) is 4.79 Å². The molecule has 0 atom stereocenters. The quantitative estimate of drug-likeness (QED) is 0.668. The number of aromatic nitrogens is 2. The van der Waals surface area contributed by atoms with Gasteiger partial charge in [-0.15, -0.1) is 10.2 Å². The molecule has 1 aromatic rings. The average Bonchev–Trinajstić information content (AvgIpc) is 2.31. The van der Waals surface area contributed by atoms with Crippen LogP contribution < -0.4 is 5.73 Å². The molecule has 6 heteroatoms. The Morgan fingerprint density at radius 3 is 3.00 bits per heavy atom. The number of nitrogen functional groups attached to an aromatic ring is 1. The minimum Gasteiger partial charge on any atom is -0.374 e. The molecule has 1 rings (SSSR count). The third-order valence-electron chi connectivity index (χ3n) is 0.677. The molecule has 0 aromatic carbocycles. The molecule has 1 heterocycles. The second-order valence-corrected chi connectivity index (χ2v) is 3.57. The number of nitrogens with two attached hydrogens (primary N) is 1. The SMILES string of the molecule is Nc1nnc(SC[C]=O)s1. The molecular formula is C4H4N3OS2. The summed E-state index contributed by atoms with van der Waals surface area (Å²) < 4.78 is 0.709. The molecule has 53 valence electrons. The summed E-state index contributed by atoms with van der Waals surface area (Å²) in [7, 11) is 0. The normalized spacial score (nSPS) is 9.60. The van der Waals surface area contributed by atoms with Crippen molar-refractivity contribution in [2.24, 2.45) is 0 Å². The van der Waals surface area contributed by atoms with Gasteiger partial charge < -0.3 is 5.73 Å². The Bertz CT molecular complexity index is 224. The number of hydrogen-bond donors (Lipinski definition) is 1. The van der Waals surface area contributed by atoms with Gasteiger partial charge in [-0.1, -0.05) is 23.1 Å². The molecule has 4 nitrogen and oxygen atoms in total. The number of hydrogen-bond acceptors (Lipinski definition) is 6. The second-order valence-electron chi connectivity index (χ2n) is 1.34. The lowest BCUT2D eigenvalue weighted by atomic mass is 10.9. The monoisotopic (exact) mass is 174 g/mol. The van der Waals surface area contributed by atoms with Gasteiger partial charge in [0.05, 0.1) is 5.75 Å². The van der Waals surface area contributed by atoms with Gasteiger partial charge in [0, 0.05) is 0 Å². The number of thioether (sulfide) groups is 1. The van der Waals surface area contributed by atoms with Crippen molar-refractivity contribution in [3.05, 3.63) is 0 Å². The van der Waals surface area contributed by atoms with Crippen LogP contribution in [0.5, 0.6) is 0 Å². The molecular weight excluding hydrogens is 170 g/mol. The van der Waals surface area contributed by atoms with E-state index in [1.54, 1.807) is 6.29 Å². The molecule has 0 unspecified atom stereocenters. The summed E-state index contributed by atoms with van der Waals surface area (Å²) in [5.41, 5.74) is 5.28. The Morgan fingerprint density at radius 2 is 2.50 bits per heavy atom. The molecule has 0 saturated carbocycles. The van der Waals surface area contributed by atoms with Crippen LogP contribution in [0.25, 0.3) is 0 Å². The number of rotatable bonds is 3. The van der Waals surface area contributed by atoms with E-state index in [4.69, 9.17) is 5.73 Å². The fourth-order valence-electron chi connectivity index (χ4n) is 0.370. The topological polar surface area (TPSA) is 68.9 Å². The Hall–Kier alpha value is -0.620. The van der Waals surface area contributed by atoms with Crippen molar-refractivity contribution in [3.8, 4) is 0 Å². The summed E-state index contributed by atoms with van der Waals surface area (Å²) in [6, 6.07) is 0.